The summed E-state index contributed by atoms with van der Waals surface area (Å²) in [7, 11) is 4.19. The highest BCUT2D eigenvalue weighted by molar-refractivity contribution is 7.98. The lowest BCUT2D eigenvalue weighted by molar-refractivity contribution is -0.137. The molecule has 0 bridgehead atoms. The van der Waals surface area contributed by atoms with Gasteiger partial charge in [-0.1, -0.05) is 11.8 Å². The maximum absolute atomic E-state index is 12.6. The average molecular weight is 491 g/mol. The molecule has 6 nitrogen and oxygen atoms in total. The summed E-state index contributed by atoms with van der Waals surface area (Å²) in [5.74, 6) is 0.653. The second kappa shape index (κ2) is 10.1. The zero-order valence-corrected chi connectivity index (χ0v) is 19.6. The predicted octanol–water partition coefficient (Wildman–Crippen LogP) is 5.38. The van der Waals surface area contributed by atoms with Crippen molar-refractivity contribution in [1.82, 2.24) is 9.88 Å². The van der Waals surface area contributed by atoms with Crippen molar-refractivity contribution < 1.29 is 22.4 Å². The number of furan rings is 1. The fraction of sp³-hybridized carbons (Fsp3) is 0.333. The molecule has 0 spiro atoms. The number of hydrogen-bond donors (Lipinski definition) is 1. The Hall–Kier alpha value is -2.98. The molecule has 1 N–H and O–H groups in total. The van der Waals surface area contributed by atoms with Gasteiger partial charge in [0, 0.05) is 36.7 Å². The lowest BCUT2D eigenvalue weighted by atomic mass is 10.2. The third kappa shape index (κ3) is 5.92. The van der Waals surface area contributed by atoms with Crippen molar-refractivity contribution >= 4 is 29.0 Å². The number of hydrogen-bond acceptors (Lipinski definition) is 6. The number of likely N-dealkylation sites (N-methyl/N-ethyl adjacent to an activating group) is 1. The van der Waals surface area contributed by atoms with E-state index in [1.54, 1.807) is 12.1 Å². The average Bonchev–Trinajstić information content (AvgIpc) is 3.48. The maximum atomic E-state index is 12.6. The van der Waals surface area contributed by atoms with E-state index in [1.165, 1.54) is 17.8 Å². The molecule has 1 unspecified atom stereocenters. The van der Waals surface area contributed by atoms with E-state index in [9.17, 15) is 18.0 Å². The van der Waals surface area contributed by atoms with Gasteiger partial charge in [0.15, 0.2) is 5.76 Å². The molecule has 1 saturated heterocycles. The molecule has 1 amide bonds. The number of alkyl halides is 3. The Labute approximate surface area is 200 Å². The monoisotopic (exact) mass is 490 g/mol. The lowest BCUT2D eigenvalue weighted by Gasteiger charge is -2.22. The Morgan fingerprint density at radius 1 is 1.18 bits per heavy atom. The Kier molecular flexibility index (Phi) is 7.18. The Balaban J connectivity index is 1.29. The summed E-state index contributed by atoms with van der Waals surface area (Å²) >= 11 is 1.23. The number of halogens is 3. The van der Waals surface area contributed by atoms with Crippen LogP contribution < -0.4 is 10.2 Å². The summed E-state index contributed by atoms with van der Waals surface area (Å²) in [5.41, 5.74) is 0.995. The van der Waals surface area contributed by atoms with Crippen molar-refractivity contribution in [2.75, 3.05) is 37.4 Å². The molecule has 0 radical (unpaired) electrons. The zero-order valence-electron chi connectivity index (χ0n) is 18.8. The summed E-state index contributed by atoms with van der Waals surface area (Å²) in [5, 5.41) is 3.26. The van der Waals surface area contributed by atoms with Gasteiger partial charge in [0.25, 0.3) is 5.91 Å². The van der Waals surface area contributed by atoms with Crippen LogP contribution in [0.15, 0.2) is 64.2 Å². The topological polar surface area (TPSA) is 61.6 Å². The van der Waals surface area contributed by atoms with E-state index < -0.39 is 11.7 Å². The Bertz CT molecular complexity index is 1110. The van der Waals surface area contributed by atoms with Crippen LogP contribution in [0.1, 0.15) is 28.3 Å². The van der Waals surface area contributed by atoms with Crippen LogP contribution in [0, 0.1) is 0 Å². The number of benzene rings is 1. The first-order valence-corrected chi connectivity index (χ1v) is 11.7. The molecule has 3 aromatic rings. The number of pyridine rings is 1. The van der Waals surface area contributed by atoms with Crippen LogP contribution >= 0.6 is 11.8 Å². The molecule has 0 aliphatic carbocycles. The highest BCUT2D eigenvalue weighted by atomic mass is 32.2. The molecular weight excluding hydrogens is 465 g/mol. The standard InChI is InChI=1S/C24H25F3N4O2S/c1-30(2)19-11-12-31(14-19)18-6-4-17(5-7-18)29-23(32)21-9-8-20(33-21)15-34-22-10-3-16(13-28-22)24(25,26)27/h3-10,13,19H,11-12,14-15H2,1-2H3,(H,29,32). The van der Waals surface area contributed by atoms with E-state index in [1.807, 2.05) is 24.3 Å². The molecule has 1 atom stereocenters. The number of amides is 1. The molecule has 2 aromatic heterocycles. The molecule has 180 valence electrons. The van der Waals surface area contributed by atoms with Gasteiger partial charge in [0.1, 0.15) is 5.76 Å². The van der Waals surface area contributed by atoms with Crippen LogP contribution in [-0.4, -0.2) is 49.0 Å². The minimum Gasteiger partial charge on any atom is -0.455 e. The molecular formula is C24H25F3N4O2S. The second-order valence-corrected chi connectivity index (χ2v) is 9.29. The molecule has 0 saturated carbocycles. The molecule has 3 heterocycles. The second-order valence-electron chi connectivity index (χ2n) is 8.29. The predicted molar refractivity (Wildman–Crippen MR) is 126 cm³/mol. The third-order valence-corrected chi connectivity index (χ3v) is 6.66. The summed E-state index contributed by atoms with van der Waals surface area (Å²) in [6, 6.07) is 13.8. The Morgan fingerprint density at radius 3 is 2.56 bits per heavy atom. The molecule has 34 heavy (non-hydrogen) atoms. The zero-order chi connectivity index (χ0) is 24.3. The summed E-state index contributed by atoms with van der Waals surface area (Å²) in [4.78, 5) is 20.9. The van der Waals surface area contributed by atoms with E-state index in [0.717, 1.165) is 37.5 Å². The first kappa shape index (κ1) is 24.2. The van der Waals surface area contributed by atoms with Crippen molar-refractivity contribution in [3.8, 4) is 0 Å². The van der Waals surface area contributed by atoms with Crippen molar-refractivity contribution in [1.29, 1.82) is 0 Å². The number of aromatic nitrogens is 1. The molecule has 4 rings (SSSR count). The molecule has 10 heteroatoms. The maximum Gasteiger partial charge on any atom is 0.417 e. The third-order valence-electron chi connectivity index (χ3n) is 5.70. The minimum absolute atomic E-state index is 0.161. The number of carbonyl (C=O) groups is 1. The van der Waals surface area contributed by atoms with Crippen molar-refractivity contribution in [3.05, 3.63) is 71.8 Å². The summed E-state index contributed by atoms with van der Waals surface area (Å²) in [6.45, 7) is 1.98. The van der Waals surface area contributed by atoms with Crippen LogP contribution in [0.2, 0.25) is 0 Å². The van der Waals surface area contributed by atoms with Crippen molar-refractivity contribution in [3.63, 3.8) is 0 Å². The van der Waals surface area contributed by atoms with Gasteiger partial charge in [-0.25, -0.2) is 4.98 Å². The Morgan fingerprint density at radius 2 is 1.94 bits per heavy atom. The van der Waals surface area contributed by atoms with Crippen LogP contribution in [0.25, 0.3) is 0 Å². The van der Waals surface area contributed by atoms with Gasteiger partial charge in [0.2, 0.25) is 0 Å². The van der Waals surface area contributed by atoms with Crippen LogP contribution in [0.4, 0.5) is 24.5 Å². The lowest BCUT2D eigenvalue weighted by Crippen LogP contribution is -2.31. The normalized spacial score (nSPS) is 16.3. The molecule has 1 aliphatic rings. The van der Waals surface area contributed by atoms with E-state index >= 15 is 0 Å². The number of thioether (sulfide) groups is 1. The fourth-order valence-corrected chi connectivity index (χ4v) is 4.44. The molecule has 1 fully saturated rings. The highest BCUT2D eigenvalue weighted by Gasteiger charge is 2.30. The van der Waals surface area contributed by atoms with E-state index in [4.69, 9.17) is 4.42 Å². The largest absolute Gasteiger partial charge is 0.455 e. The first-order chi connectivity index (χ1) is 16.2. The van der Waals surface area contributed by atoms with E-state index in [-0.39, 0.29) is 11.7 Å². The smallest absolute Gasteiger partial charge is 0.417 e. The number of nitrogens with one attached hydrogen (secondary N) is 1. The van der Waals surface area contributed by atoms with Crippen LogP contribution in [0.5, 0.6) is 0 Å². The SMILES string of the molecule is CN(C)C1CCN(c2ccc(NC(=O)c3ccc(CSc4ccc(C(F)(F)F)cn4)o3)cc2)C1. The number of nitrogens with zero attached hydrogens (tertiary/aromatic N) is 3. The van der Waals surface area contributed by atoms with Crippen molar-refractivity contribution in [2.24, 2.45) is 0 Å². The van der Waals surface area contributed by atoms with Crippen LogP contribution in [-0.2, 0) is 11.9 Å². The van der Waals surface area contributed by atoms with Gasteiger partial charge in [-0.3, -0.25) is 4.79 Å². The van der Waals surface area contributed by atoms with Gasteiger partial charge in [0.05, 0.1) is 16.3 Å². The van der Waals surface area contributed by atoms with Gasteiger partial charge in [-0.15, -0.1) is 0 Å². The number of anilines is 2. The van der Waals surface area contributed by atoms with E-state index in [2.05, 4.69) is 34.2 Å². The number of rotatable bonds is 7. The highest BCUT2D eigenvalue weighted by Crippen LogP contribution is 2.30. The number of carbonyl (C=O) groups excluding carboxylic acids is 1. The summed E-state index contributed by atoms with van der Waals surface area (Å²) in [6.07, 6.45) is -2.48. The van der Waals surface area contributed by atoms with Gasteiger partial charge in [-0.05, 0) is 69.0 Å². The molecule has 1 aromatic carbocycles. The quantitative estimate of drug-likeness (QED) is 0.449. The van der Waals surface area contributed by atoms with Gasteiger partial charge < -0.3 is 19.5 Å². The summed E-state index contributed by atoms with van der Waals surface area (Å²) < 4.78 is 43.5. The fourth-order valence-electron chi connectivity index (χ4n) is 3.70. The minimum atomic E-state index is -4.41. The van der Waals surface area contributed by atoms with Gasteiger partial charge in [-0.2, -0.15) is 13.2 Å². The first-order valence-electron chi connectivity index (χ1n) is 10.8. The van der Waals surface area contributed by atoms with Crippen LogP contribution in [0.3, 0.4) is 0 Å². The molecule has 1 aliphatic heterocycles. The van der Waals surface area contributed by atoms with Crippen molar-refractivity contribution in [2.45, 2.75) is 29.4 Å². The van der Waals surface area contributed by atoms with E-state index in [0.29, 0.717) is 28.3 Å². The van der Waals surface area contributed by atoms with Gasteiger partial charge >= 0.3 is 6.18 Å².